The molecule has 35 heavy (non-hydrogen) atoms. The SMILES string of the molecule is Cc1ccc(NC(=O)OCC2c3ccccc3-c3ccccc32)c(C(=O)N2CCCC2C(=O)O)c1. The van der Waals surface area contributed by atoms with Crippen LogP contribution in [0, 0.1) is 6.92 Å². The van der Waals surface area contributed by atoms with Crippen molar-refractivity contribution in [3.8, 4) is 11.1 Å². The van der Waals surface area contributed by atoms with Crippen LogP contribution in [-0.4, -0.2) is 47.2 Å². The highest BCUT2D eigenvalue weighted by Crippen LogP contribution is 2.44. The quantitative estimate of drug-likeness (QED) is 0.544. The third-order valence-corrected chi connectivity index (χ3v) is 6.78. The van der Waals surface area contributed by atoms with Crippen LogP contribution in [-0.2, 0) is 9.53 Å². The Labute approximate surface area is 203 Å². The van der Waals surface area contributed by atoms with Gasteiger partial charge in [-0.05, 0) is 54.2 Å². The van der Waals surface area contributed by atoms with Gasteiger partial charge in [-0.25, -0.2) is 9.59 Å². The van der Waals surface area contributed by atoms with E-state index in [1.165, 1.54) is 4.90 Å². The molecule has 1 atom stereocenters. The maximum absolute atomic E-state index is 13.2. The van der Waals surface area contributed by atoms with Crippen molar-refractivity contribution in [2.75, 3.05) is 18.5 Å². The zero-order valence-electron chi connectivity index (χ0n) is 19.4. The summed E-state index contributed by atoms with van der Waals surface area (Å²) in [6, 6.07) is 20.4. The van der Waals surface area contributed by atoms with Gasteiger partial charge in [-0.2, -0.15) is 0 Å². The van der Waals surface area contributed by atoms with Crippen molar-refractivity contribution >= 4 is 23.7 Å². The average Bonchev–Trinajstić information content (AvgIpc) is 3.47. The van der Waals surface area contributed by atoms with E-state index in [0.717, 1.165) is 27.8 Å². The Balaban J connectivity index is 1.33. The molecule has 7 heteroatoms. The lowest BCUT2D eigenvalue weighted by molar-refractivity contribution is -0.141. The van der Waals surface area contributed by atoms with E-state index < -0.39 is 24.0 Å². The molecule has 0 radical (unpaired) electrons. The van der Waals surface area contributed by atoms with Crippen LogP contribution in [0.2, 0.25) is 0 Å². The number of aliphatic carboxylic acids is 1. The van der Waals surface area contributed by atoms with E-state index in [-0.39, 0.29) is 18.1 Å². The first-order valence-electron chi connectivity index (χ1n) is 11.7. The van der Waals surface area contributed by atoms with Crippen molar-refractivity contribution in [1.29, 1.82) is 0 Å². The van der Waals surface area contributed by atoms with E-state index in [9.17, 15) is 19.5 Å². The molecule has 3 aromatic rings. The van der Waals surface area contributed by atoms with E-state index in [1.807, 2.05) is 43.3 Å². The molecular formula is C28H26N2O5. The number of amides is 2. The second-order valence-electron chi connectivity index (χ2n) is 8.99. The maximum Gasteiger partial charge on any atom is 0.411 e. The van der Waals surface area contributed by atoms with Crippen LogP contribution in [0.4, 0.5) is 10.5 Å². The zero-order valence-corrected chi connectivity index (χ0v) is 19.4. The lowest BCUT2D eigenvalue weighted by Crippen LogP contribution is -2.40. The van der Waals surface area contributed by atoms with Crippen molar-refractivity contribution in [2.45, 2.75) is 31.7 Å². The molecule has 1 unspecified atom stereocenters. The first-order chi connectivity index (χ1) is 16.9. The second-order valence-corrected chi connectivity index (χ2v) is 8.99. The fourth-order valence-corrected chi connectivity index (χ4v) is 5.11. The molecular weight excluding hydrogens is 444 g/mol. The topological polar surface area (TPSA) is 95.9 Å². The van der Waals surface area contributed by atoms with Crippen molar-refractivity contribution in [3.05, 3.63) is 89.0 Å². The molecule has 2 N–H and O–H groups in total. The van der Waals surface area contributed by atoms with Gasteiger partial charge in [0, 0.05) is 12.5 Å². The van der Waals surface area contributed by atoms with Gasteiger partial charge in [0.15, 0.2) is 0 Å². The fourth-order valence-electron chi connectivity index (χ4n) is 5.11. The summed E-state index contributed by atoms with van der Waals surface area (Å²) in [5.41, 5.74) is 5.89. The normalized spacial score (nSPS) is 16.5. The summed E-state index contributed by atoms with van der Waals surface area (Å²) >= 11 is 0. The van der Waals surface area contributed by atoms with Gasteiger partial charge in [0.05, 0.1) is 11.3 Å². The summed E-state index contributed by atoms with van der Waals surface area (Å²) < 4.78 is 5.62. The average molecular weight is 471 g/mol. The molecule has 1 aliphatic heterocycles. The van der Waals surface area contributed by atoms with Crippen LogP contribution in [0.25, 0.3) is 11.1 Å². The number of fused-ring (bicyclic) bond motifs is 3. The molecule has 0 aromatic heterocycles. The Hall–Kier alpha value is -4.13. The molecule has 0 saturated carbocycles. The Morgan fingerprint density at radius 3 is 2.31 bits per heavy atom. The summed E-state index contributed by atoms with van der Waals surface area (Å²) in [5, 5.41) is 12.2. The molecule has 0 spiro atoms. The third kappa shape index (κ3) is 4.25. The predicted molar refractivity (Wildman–Crippen MR) is 132 cm³/mol. The van der Waals surface area contributed by atoms with Gasteiger partial charge in [0.25, 0.3) is 5.91 Å². The van der Waals surface area contributed by atoms with Gasteiger partial charge in [0.1, 0.15) is 12.6 Å². The summed E-state index contributed by atoms with van der Waals surface area (Å²) in [5.74, 6) is -1.50. The van der Waals surface area contributed by atoms with Gasteiger partial charge in [0.2, 0.25) is 0 Å². The minimum Gasteiger partial charge on any atom is -0.480 e. The van der Waals surface area contributed by atoms with Crippen LogP contribution in [0.15, 0.2) is 66.7 Å². The largest absolute Gasteiger partial charge is 0.480 e. The van der Waals surface area contributed by atoms with Crippen LogP contribution < -0.4 is 5.32 Å². The standard InChI is InChI=1S/C28H26N2O5/c1-17-12-13-24(22(15-17)26(31)30-14-6-11-25(30)27(32)33)29-28(34)35-16-23-20-9-4-2-7-18(20)19-8-3-5-10-21(19)23/h2-5,7-10,12-13,15,23,25H,6,11,14,16H2,1H3,(H,29,34)(H,32,33). The minimum atomic E-state index is -1.02. The molecule has 0 bridgehead atoms. The van der Waals surface area contributed by atoms with Crippen LogP contribution in [0.1, 0.15) is 45.8 Å². The van der Waals surface area contributed by atoms with Crippen LogP contribution >= 0.6 is 0 Å². The number of nitrogens with zero attached hydrogens (tertiary/aromatic N) is 1. The lowest BCUT2D eigenvalue weighted by atomic mass is 9.98. The van der Waals surface area contributed by atoms with Crippen molar-refractivity contribution in [3.63, 3.8) is 0 Å². The first kappa shape index (κ1) is 22.7. The van der Waals surface area contributed by atoms with Gasteiger partial charge < -0.3 is 14.7 Å². The number of carbonyl (C=O) groups is 3. The van der Waals surface area contributed by atoms with Crippen LogP contribution in [0.3, 0.4) is 0 Å². The van der Waals surface area contributed by atoms with Crippen molar-refractivity contribution in [2.24, 2.45) is 0 Å². The molecule has 178 valence electrons. The number of aryl methyl sites for hydroxylation is 1. The highest BCUT2D eigenvalue weighted by Gasteiger charge is 2.35. The fraction of sp³-hybridized carbons (Fsp3) is 0.250. The number of carboxylic acid groups (broad SMARTS) is 1. The van der Waals surface area contributed by atoms with E-state index in [2.05, 4.69) is 17.4 Å². The number of carbonyl (C=O) groups excluding carboxylic acids is 2. The summed E-state index contributed by atoms with van der Waals surface area (Å²) in [6.45, 7) is 2.36. The molecule has 1 fully saturated rings. The molecule has 1 aliphatic carbocycles. The van der Waals surface area contributed by atoms with Crippen LogP contribution in [0.5, 0.6) is 0 Å². The number of nitrogens with one attached hydrogen (secondary N) is 1. The molecule has 1 saturated heterocycles. The molecule has 5 rings (SSSR count). The number of carboxylic acids is 1. The first-order valence-corrected chi connectivity index (χ1v) is 11.7. The predicted octanol–water partition coefficient (Wildman–Crippen LogP) is 5.05. The number of benzene rings is 3. The number of hydrogen-bond donors (Lipinski definition) is 2. The molecule has 7 nitrogen and oxygen atoms in total. The molecule has 2 amide bonds. The van der Waals surface area contributed by atoms with E-state index in [1.54, 1.807) is 18.2 Å². The summed E-state index contributed by atoms with van der Waals surface area (Å²) in [7, 11) is 0. The zero-order chi connectivity index (χ0) is 24.5. The Morgan fingerprint density at radius 1 is 1.00 bits per heavy atom. The molecule has 2 aliphatic rings. The lowest BCUT2D eigenvalue weighted by Gasteiger charge is -2.23. The van der Waals surface area contributed by atoms with E-state index in [0.29, 0.717) is 25.1 Å². The number of hydrogen-bond acceptors (Lipinski definition) is 4. The number of likely N-dealkylation sites (tertiary alicyclic amines) is 1. The number of anilines is 1. The van der Waals surface area contributed by atoms with Crippen molar-refractivity contribution < 1.29 is 24.2 Å². The molecule has 3 aromatic carbocycles. The smallest absolute Gasteiger partial charge is 0.411 e. The highest BCUT2D eigenvalue weighted by molar-refractivity contribution is 6.04. The van der Waals surface area contributed by atoms with E-state index >= 15 is 0 Å². The summed E-state index contributed by atoms with van der Waals surface area (Å²) in [4.78, 5) is 39.0. The van der Waals surface area contributed by atoms with E-state index in [4.69, 9.17) is 4.74 Å². The summed E-state index contributed by atoms with van der Waals surface area (Å²) in [6.07, 6.45) is 0.382. The van der Waals surface area contributed by atoms with Gasteiger partial charge >= 0.3 is 12.1 Å². The maximum atomic E-state index is 13.2. The highest BCUT2D eigenvalue weighted by atomic mass is 16.5. The Morgan fingerprint density at radius 2 is 1.66 bits per heavy atom. The minimum absolute atomic E-state index is 0.0757. The Bertz CT molecular complexity index is 1270. The Kier molecular flexibility index (Phi) is 5.99. The third-order valence-electron chi connectivity index (χ3n) is 6.78. The van der Waals surface area contributed by atoms with Gasteiger partial charge in [-0.3, -0.25) is 10.1 Å². The monoisotopic (exact) mass is 470 g/mol. The van der Waals surface area contributed by atoms with Crippen molar-refractivity contribution in [1.82, 2.24) is 4.90 Å². The number of rotatable bonds is 5. The number of ether oxygens (including phenoxy) is 1. The van der Waals surface area contributed by atoms with Gasteiger partial charge in [-0.15, -0.1) is 0 Å². The molecule has 1 heterocycles. The van der Waals surface area contributed by atoms with Gasteiger partial charge in [-0.1, -0.05) is 60.2 Å². The second kappa shape index (κ2) is 9.25.